The van der Waals surface area contributed by atoms with Gasteiger partial charge in [-0.15, -0.1) is 0 Å². The maximum absolute atomic E-state index is 12.8. The molecule has 3 aliphatic rings. The molecular weight excluding hydrogens is 320 g/mol. The van der Waals surface area contributed by atoms with E-state index in [1.165, 1.54) is 19.3 Å². The summed E-state index contributed by atoms with van der Waals surface area (Å²) >= 11 is 0. The number of amides is 2. The molecule has 3 fully saturated rings. The van der Waals surface area contributed by atoms with Gasteiger partial charge in [-0.3, -0.25) is 14.3 Å². The Kier molecular flexibility index (Phi) is 4.74. The molecule has 4 rings (SSSR count). The summed E-state index contributed by atoms with van der Waals surface area (Å²) in [5.74, 6) is 0.571. The van der Waals surface area contributed by atoms with Crippen molar-refractivity contribution < 1.29 is 14.3 Å². The summed E-state index contributed by atoms with van der Waals surface area (Å²) in [6.07, 6.45) is 8.42. The number of hydrogen-bond acceptors (Lipinski definition) is 4. The quantitative estimate of drug-likeness (QED) is 0.840. The third-order valence-corrected chi connectivity index (χ3v) is 5.73. The molecule has 2 amide bonds. The predicted octanol–water partition coefficient (Wildman–Crippen LogP) is 1.24. The van der Waals surface area contributed by atoms with Crippen LogP contribution in [0.5, 0.6) is 0 Å². The van der Waals surface area contributed by atoms with Crippen LogP contribution in [0.15, 0.2) is 12.3 Å². The monoisotopic (exact) mass is 346 g/mol. The molecule has 7 heteroatoms. The Hall–Kier alpha value is -1.89. The highest BCUT2D eigenvalue weighted by Crippen LogP contribution is 2.28. The Labute approximate surface area is 147 Å². The Morgan fingerprint density at radius 3 is 2.92 bits per heavy atom. The van der Waals surface area contributed by atoms with Gasteiger partial charge in [0.25, 0.3) is 5.91 Å². The fourth-order valence-corrected chi connectivity index (χ4v) is 4.06. The topological polar surface area (TPSA) is 85.2 Å². The maximum Gasteiger partial charge on any atom is 0.269 e. The third-order valence-electron chi connectivity index (χ3n) is 5.73. The normalized spacial score (nSPS) is 29.9. The van der Waals surface area contributed by atoms with E-state index in [0.717, 1.165) is 26.0 Å². The van der Waals surface area contributed by atoms with Crippen molar-refractivity contribution in [1.29, 1.82) is 0 Å². The summed E-state index contributed by atoms with van der Waals surface area (Å²) in [4.78, 5) is 24.6. The minimum Gasteiger partial charge on any atom is -0.376 e. The van der Waals surface area contributed by atoms with Crippen molar-refractivity contribution in [2.24, 2.45) is 5.92 Å². The number of nitrogens with zero attached hydrogens (tertiary/aromatic N) is 2. The van der Waals surface area contributed by atoms with Crippen molar-refractivity contribution in [2.45, 2.75) is 69.7 Å². The van der Waals surface area contributed by atoms with E-state index in [9.17, 15) is 9.59 Å². The van der Waals surface area contributed by atoms with Crippen LogP contribution in [-0.2, 0) is 16.1 Å². The highest BCUT2D eigenvalue weighted by Gasteiger charge is 2.38. The molecular formula is C18H26N4O3. The molecule has 1 aliphatic carbocycles. The lowest BCUT2D eigenvalue weighted by Crippen LogP contribution is -2.60. The first-order valence-corrected chi connectivity index (χ1v) is 9.44. The van der Waals surface area contributed by atoms with E-state index < -0.39 is 0 Å². The maximum atomic E-state index is 12.8. The fourth-order valence-electron chi connectivity index (χ4n) is 4.06. The zero-order chi connectivity index (χ0) is 17.2. The highest BCUT2D eigenvalue weighted by molar-refractivity contribution is 5.93. The van der Waals surface area contributed by atoms with Gasteiger partial charge >= 0.3 is 0 Å². The number of rotatable bonds is 5. The SMILES string of the molecule is O=C1CC[C@H](NC(=O)c2ccnn2CC2CCC2)[C@@H](C2CCCO2)N1. The molecule has 7 nitrogen and oxygen atoms in total. The lowest BCUT2D eigenvalue weighted by atomic mass is 9.85. The average Bonchev–Trinajstić information content (AvgIpc) is 3.24. The van der Waals surface area contributed by atoms with E-state index in [4.69, 9.17) is 4.74 Å². The molecule has 136 valence electrons. The Morgan fingerprint density at radius 2 is 2.20 bits per heavy atom. The molecule has 2 N–H and O–H groups in total. The molecule has 2 saturated heterocycles. The Morgan fingerprint density at radius 1 is 1.32 bits per heavy atom. The van der Waals surface area contributed by atoms with Gasteiger partial charge in [0.15, 0.2) is 0 Å². The van der Waals surface area contributed by atoms with Crippen LogP contribution in [0.2, 0.25) is 0 Å². The zero-order valence-corrected chi connectivity index (χ0v) is 14.4. The van der Waals surface area contributed by atoms with Gasteiger partial charge < -0.3 is 15.4 Å². The number of ether oxygens (including phenoxy) is 1. The first-order valence-electron chi connectivity index (χ1n) is 9.44. The van der Waals surface area contributed by atoms with Crippen molar-refractivity contribution in [3.05, 3.63) is 18.0 Å². The van der Waals surface area contributed by atoms with Crippen molar-refractivity contribution in [2.75, 3.05) is 6.61 Å². The summed E-state index contributed by atoms with van der Waals surface area (Å²) in [6, 6.07) is 1.53. The summed E-state index contributed by atoms with van der Waals surface area (Å²) in [5.41, 5.74) is 0.606. The second-order valence-corrected chi connectivity index (χ2v) is 7.46. The van der Waals surface area contributed by atoms with Crippen LogP contribution >= 0.6 is 0 Å². The summed E-state index contributed by atoms with van der Waals surface area (Å²) < 4.78 is 7.58. The van der Waals surface area contributed by atoms with Crippen LogP contribution in [0.25, 0.3) is 0 Å². The molecule has 3 heterocycles. The molecule has 3 atom stereocenters. The minimum absolute atomic E-state index is 0.00515. The van der Waals surface area contributed by atoms with Gasteiger partial charge in [-0.25, -0.2) is 0 Å². The Bertz CT molecular complexity index is 634. The molecule has 0 aromatic carbocycles. The van der Waals surface area contributed by atoms with Gasteiger partial charge in [-0.2, -0.15) is 5.10 Å². The van der Waals surface area contributed by atoms with Crippen molar-refractivity contribution in [3.63, 3.8) is 0 Å². The van der Waals surface area contributed by atoms with Crippen molar-refractivity contribution >= 4 is 11.8 Å². The minimum atomic E-state index is -0.143. The van der Waals surface area contributed by atoms with Gasteiger partial charge in [0.05, 0.1) is 18.2 Å². The molecule has 0 bridgehead atoms. The van der Waals surface area contributed by atoms with Gasteiger partial charge in [0, 0.05) is 25.8 Å². The molecule has 0 radical (unpaired) electrons. The second kappa shape index (κ2) is 7.15. The van der Waals surface area contributed by atoms with Crippen LogP contribution in [-0.4, -0.2) is 46.4 Å². The van der Waals surface area contributed by atoms with E-state index in [0.29, 0.717) is 24.5 Å². The fraction of sp³-hybridized carbons (Fsp3) is 0.722. The average molecular weight is 346 g/mol. The number of piperidine rings is 1. The molecule has 0 spiro atoms. The van der Waals surface area contributed by atoms with Crippen LogP contribution in [0.4, 0.5) is 0 Å². The van der Waals surface area contributed by atoms with Gasteiger partial charge in [-0.1, -0.05) is 6.42 Å². The van der Waals surface area contributed by atoms with E-state index in [-0.39, 0.29) is 30.0 Å². The molecule has 2 aliphatic heterocycles. The standard InChI is InChI=1S/C18H26N4O3/c23-16-7-6-13(17(21-16)15-5-2-10-25-15)20-18(24)14-8-9-19-22(14)11-12-3-1-4-12/h8-9,12-13,15,17H,1-7,10-11H2,(H,20,24)(H,21,23)/t13-,15?,17-/m0/s1. The first-order chi connectivity index (χ1) is 12.2. The van der Waals surface area contributed by atoms with E-state index in [2.05, 4.69) is 15.7 Å². The summed E-state index contributed by atoms with van der Waals surface area (Å²) in [7, 11) is 0. The van der Waals surface area contributed by atoms with E-state index >= 15 is 0 Å². The lowest BCUT2D eigenvalue weighted by molar-refractivity contribution is -0.125. The van der Waals surface area contributed by atoms with E-state index in [1.807, 2.05) is 4.68 Å². The molecule has 1 aromatic heterocycles. The van der Waals surface area contributed by atoms with Gasteiger partial charge in [0.1, 0.15) is 5.69 Å². The van der Waals surface area contributed by atoms with Gasteiger partial charge in [-0.05, 0) is 44.1 Å². The number of hydrogen-bond donors (Lipinski definition) is 2. The van der Waals surface area contributed by atoms with Gasteiger partial charge in [0.2, 0.25) is 5.91 Å². The van der Waals surface area contributed by atoms with E-state index in [1.54, 1.807) is 12.3 Å². The number of carbonyl (C=O) groups is 2. The van der Waals surface area contributed by atoms with Crippen LogP contribution < -0.4 is 10.6 Å². The third kappa shape index (κ3) is 3.56. The lowest BCUT2D eigenvalue weighted by Gasteiger charge is -2.36. The smallest absolute Gasteiger partial charge is 0.269 e. The Balaban J connectivity index is 1.43. The largest absolute Gasteiger partial charge is 0.376 e. The highest BCUT2D eigenvalue weighted by atomic mass is 16.5. The molecule has 1 aromatic rings. The first kappa shape index (κ1) is 16.6. The van der Waals surface area contributed by atoms with Crippen LogP contribution in [0, 0.1) is 5.92 Å². The molecule has 25 heavy (non-hydrogen) atoms. The van der Waals surface area contributed by atoms with Crippen LogP contribution in [0.1, 0.15) is 55.4 Å². The van der Waals surface area contributed by atoms with Crippen molar-refractivity contribution in [1.82, 2.24) is 20.4 Å². The molecule has 1 saturated carbocycles. The number of carbonyl (C=O) groups excluding carboxylic acids is 2. The van der Waals surface area contributed by atoms with Crippen molar-refractivity contribution in [3.8, 4) is 0 Å². The number of nitrogens with one attached hydrogen (secondary N) is 2. The zero-order valence-electron chi connectivity index (χ0n) is 14.4. The summed E-state index contributed by atoms with van der Waals surface area (Å²) in [6.45, 7) is 1.54. The summed E-state index contributed by atoms with van der Waals surface area (Å²) in [5, 5.41) is 10.5. The number of aromatic nitrogens is 2. The second-order valence-electron chi connectivity index (χ2n) is 7.46. The predicted molar refractivity (Wildman–Crippen MR) is 91.0 cm³/mol. The van der Waals surface area contributed by atoms with Crippen LogP contribution in [0.3, 0.4) is 0 Å². The molecule has 1 unspecified atom stereocenters.